The summed E-state index contributed by atoms with van der Waals surface area (Å²) in [5.41, 5.74) is 7.30. The van der Waals surface area contributed by atoms with Crippen LogP contribution in [0.1, 0.15) is 21.6 Å². The average molecular weight is 292 g/mol. The first-order valence-corrected chi connectivity index (χ1v) is 6.33. The van der Waals surface area contributed by atoms with Gasteiger partial charge in [0.2, 0.25) is 5.88 Å². The predicted molar refractivity (Wildman–Crippen MR) is 76.7 cm³/mol. The number of benzene rings is 1. The molecule has 0 aliphatic carbocycles. The van der Waals surface area contributed by atoms with Gasteiger partial charge in [0.05, 0.1) is 23.9 Å². The monoisotopic (exact) mass is 292 g/mol. The summed E-state index contributed by atoms with van der Waals surface area (Å²) in [5, 5.41) is 7.38. The van der Waals surface area contributed by atoms with Crippen molar-refractivity contribution in [3.8, 4) is 5.88 Å². The number of carbonyl (C=O) groups is 1. The molecular weight excluding hydrogens is 275 g/mol. The maximum atomic E-state index is 13.4. The number of rotatable bonds is 5. The molecule has 7 heteroatoms. The van der Waals surface area contributed by atoms with E-state index in [2.05, 4.69) is 10.4 Å². The van der Waals surface area contributed by atoms with Crippen LogP contribution in [0.15, 0.2) is 18.2 Å². The van der Waals surface area contributed by atoms with Crippen molar-refractivity contribution in [2.75, 3.05) is 12.4 Å². The van der Waals surface area contributed by atoms with E-state index in [1.165, 1.54) is 12.1 Å². The normalized spacial score (nSPS) is 10.5. The van der Waals surface area contributed by atoms with Gasteiger partial charge in [0.1, 0.15) is 5.82 Å². The highest BCUT2D eigenvalue weighted by atomic mass is 19.1. The van der Waals surface area contributed by atoms with E-state index < -0.39 is 11.7 Å². The number of hydrogen-bond donors (Lipinski definition) is 2. The van der Waals surface area contributed by atoms with Crippen LogP contribution in [0.5, 0.6) is 5.88 Å². The summed E-state index contributed by atoms with van der Waals surface area (Å²) in [7, 11) is 3.36. The molecule has 1 aromatic heterocycles. The second-order valence-electron chi connectivity index (χ2n) is 4.61. The number of nitrogens with one attached hydrogen (secondary N) is 1. The third-order valence-corrected chi connectivity index (χ3v) is 3.18. The van der Waals surface area contributed by atoms with Gasteiger partial charge in [-0.15, -0.1) is 0 Å². The van der Waals surface area contributed by atoms with E-state index >= 15 is 0 Å². The minimum Gasteiger partial charge on any atom is -0.481 e. The number of anilines is 1. The van der Waals surface area contributed by atoms with E-state index in [-0.39, 0.29) is 5.56 Å². The minimum atomic E-state index is -0.800. The predicted octanol–water partition coefficient (Wildman–Crippen LogP) is 1.59. The molecule has 2 rings (SSSR count). The Hall–Kier alpha value is -2.57. The highest BCUT2D eigenvalue weighted by Crippen LogP contribution is 2.23. The fourth-order valence-corrected chi connectivity index (χ4v) is 2.15. The quantitative estimate of drug-likeness (QED) is 0.876. The van der Waals surface area contributed by atoms with Gasteiger partial charge < -0.3 is 15.8 Å². The SMILES string of the molecule is COc1c(CNc2ccc(F)c(C(N)=O)c2)c(C)nn1C. The molecule has 0 fully saturated rings. The summed E-state index contributed by atoms with van der Waals surface area (Å²) in [6.45, 7) is 2.31. The average Bonchev–Trinajstić information content (AvgIpc) is 2.71. The Morgan fingerprint density at radius 2 is 2.24 bits per heavy atom. The van der Waals surface area contributed by atoms with Crippen molar-refractivity contribution in [3.63, 3.8) is 0 Å². The van der Waals surface area contributed by atoms with Crippen LogP contribution in [0.4, 0.5) is 10.1 Å². The zero-order valence-electron chi connectivity index (χ0n) is 12.1. The molecule has 0 saturated heterocycles. The Morgan fingerprint density at radius 1 is 1.52 bits per heavy atom. The maximum Gasteiger partial charge on any atom is 0.251 e. The first kappa shape index (κ1) is 14.8. The number of amides is 1. The fraction of sp³-hybridized carbons (Fsp3) is 0.286. The van der Waals surface area contributed by atoms with Crippen LogP contribution >= 0.6 is 0 Å². The van der Waals surface area contributed by atoms with Gasteiger partial charge in [0.15, 0.2) is 0 Å². The highest BCUT2D eigenvalue weighted by molar-refractivity contribution is 5.94. The molecule has 6 nitrogen and oxygen atoms in total. The van der Waals surface area contributed by atoms with Gasteiger partial charge in [-0.25, -0.2) is 9.07 Å². The second kappa shape index (κ2) is 5.82. The lowest BCUT2D eigenvalue weighted by molar-refractivity contribution is 0.0996. The van der Waals surface area contributed by atoms with Crippen LogP contribution in [-0.4, -0.2) is 22.8 Å². The molecule has 1 amide bonds. The van der Waals surface area contributed by atoms with Crippen molar-refractivity contribution >= 4 is 11.6 Å². The number of halogens is 1. The van der Waals surface area contributed by atoms with Crippen molar-refractivity contribution in [3.05, 3.63) is 40.8 Å². The van der Waals surface area contributed by atoms with Crippen molar-refractivity contribution in [1.29, 1.82) is 0 Å². The van der Waals surface area contributed by atoms with Gasteiger partial charge >= 0.3 is 0 Å². The first-order valence-electron chi connectivity index (χ1n) is 6.33. The summed E-state index contributed by atoms with van der Waals surface area (Å²) >= 11 is 0. The lowest BCUT2D eigenvalue weighted by Gasteiger charge is -2.09. The van der Waals surface area contributed by atoms with E-state index in [0.29, 0.717) is 18.1 Å². The number of aryl methyl sites for hydroxylation is 2. The highest BCUT2D eigenvalue weighted by Gasteiger charge is 2.14. The van der Waals surface area contributed by atoms with Gasteiger partial charge in [0, 0.05) is 19.3 Å². The molecule has 0 spiro atoms. The van der Waals surface area contributed by atoms with Crippen molar-refractivity contribution in [2.45, 2.75) is 13.5 Å². The Labute approximate surface area is 121 Å². The van der Waals surface area contributed by atoms with Crippen LogP contribution in [-0.2, 0) is 13.6 Å². The number of ether oxygens (including phenoxy) is 1. The summed E-state index contributed by atoms with van der Waals surface area (Å²) in [6.07, 6.45) is 0. The molecule has 0 bridgehead atoms. The summed E-state index contributed by atoms with van der Waals surface area (Å²) < 4.78 is 20.3. The number of nitrogens with two attached hydrogens (primary N) is 1. The summed E-state index contributed by atoms with van der Waals surface area (Å²) in [5.74, 6) is -0.785. The van der Waals surface area contributed by atoms with E-state index in [1.807, 2.05) is 6.92 Å². The molecule has 112 valence electrons. The standard InChI is InChI=1S/C14H17FN4O2/c1-8-11(14(21-3)19(2)18-8)7-17-9-4-5-12(15)10(6-9)13(16)20/h4-6,17H,7H2,1-3H3,(H2,16,20). The largest absolute Gasteiger partial charge is 0.481 e. The number of nitrogens with zero attached hydrogens (tertiary/aromatic N) is 2. The lowest BCUT2D eigenvalue weighted by Crippen LogP contribution is -2.13. The molecule has 3 N–H and O–H groups in total. The number of primary amides is 1. The first-order chi connectivity index (χ1) is 9.93. The van der Waals surface area contributed by atoms with E-state index in [1.54, 1.807) is 24.9 Å². The number of methoxy groups -OCH3 is 1. The molecule has 0 aliphatic heterocycles. The van der Waals surface area contributed by atoms with Crippen molar-refractivity contribution in [1.82, 2.24) is 9.78 Å². The molecule has 0 unspecified atom stereocenters. The molecule has 0 aliphatic rings. The van der Waals surface area contributed by atoms with Crippen LogP contribution in [0, 0.1) is 12.7 Å². The third kappa shape index (κ3) is 2.96. The molecule has 0 saturated carbocycles. The van der Waals surface area contributed by atoms with Crippen molar-refractivity contribution < 1.29 is 13.9 Å². The van der Waals surface area contributed by atoms with Gasteiger partial charge in [-0.2, -0.15) is 5.10 Å². The van der Waals surface area contributed by atoms with E-state index in [0.717, 1.165) is 11.3 Å². The van der Waals surface area contributed by atoms with Crippen LogP contribution in [0.25, 0.3) is 0 Å². The molecule has 2 aromatic rings. The summed E-state index contributed by atoms with van der Waals surface area (Å²) in [4.78, 5) is 11.1. The lowest BCUT2D eigenvalue weighted by atomic mass is 10.1. The van der Waals surface area contributed by atoms with E-state index in [9.17, 15) is 9.18 Å². The smallest absolute Gasteiger partial charge is 0.251 e. The molecular formula is C14H17FN4O2. The second-order valence-corrected chi connectivity index (χ2v) is 4.61. The Bertz CT molecular complexity index is 682. The van der Waals surface area contributed by atoms with Crippen LogP contribution < -0.4 is 15.8 Å². The number of aromatic nitrogens is 2. The van der Waals surface area contributed by atoms with Crippen LogP contribution in [0.3, 0.4) is 0 Å². The van der Waals surface area contributed by atoms with Gasteiger partial charge in [-0.3, -0.25) is 4.79 Å². The Kier molecular flexibility index (Phi) is 4.11. The molecule has 0 atom stereocenters. The van der Waals surface area contributed by atoms with E-state index in [4.69, 9.17) is 10.5 Å². The maximum absolute atomic E-state index is 13.4. The third-order valence-electron chi connectivity index (χ3n) is 3.18. The summed E-state index contributed by atoms with van der Waals surface area (Å²) in [6, 6.07) is 4.13. The molecule has 0 radical (unpaired) electrons. The Morgan fingerprint density at radius 3 is 2.86 bits per heavy atom. The van der Waals surface area contributed by atoms with Gasteiger partial charge in [0.25, 0.3) is 5.91 Å². The molecule has 21 heavy (non-hydrogen) atoms. The zero-order valence-corrected chi connectivity index (χ0v) is 12.1. The van der Waals surface area contributed by atoms with Gasteiger partial charge in [-0.1, -0.05) is 0 Å². The van der Waals surface area contributed by atoms with Gasteiger partial charge in [-0.05, 0) is 25.1 Å². The number of hydrogen-bond acceptors (Lipinski definition) is 4. The fourth-order valence-electron chi connectivity index (χ4n) is 2.15. The molecule has 1 aromatic carbocycles. The zero-order chi connectivity index (χ0) is 15.6. The number of carbonyl (C=O) groups excluding carboxylic acids is 1. The van der Waals surface area contributed by atoms with Crippen LogP contribution in [0.2, 0.25) is 0 Å². The molecule has 1 heterocycles. The Balaban J connectivity index is 2.21. The van der Waals surface area contributed by atoms with Crippen molar-refractivity contribution in [2.24, 2.45) is 12.8 Å². The topological polar surface area (TPSA) is 82.2 Å². The minimum absolute atomic E-state index is 0.144.